The van der Waals surface area contributed by atoms with Gasteiger partial charge in [0.25, 0.3) is 5.91 Å². The number of nitrogens with zero attached hydrogens (tertiary/aromatic N) is 3. The Morgan fingerprint density at radius 1 is 1.15 bits per heavy atom. The molecule has 2 rings (SSSR count). The number of aromatic nitrogens is 2. The Balaban J connectivity index is 2.14. The van der Waals surface area contributed by atoms with Crippen molar-refractivity contribution in [2.75, 3.05) is 18.0 Å². The van der Waals surface area contributed by atoms with Crippen LogP contribution >= 0.6 is 11.8 Å². The van der Waals surface area contributed by atoms with E-state index >= 15 is 0 Å². The van der Waals surface area contributed by atoms with Crippen LogP contribution < -0.4 is 10.2 Å². The number of benzene rings is 1. The monoisotopic (exact) mass is 386 g/mol. The lowest BCUT2D eigenvalue weighted by molar-refractivity contribution is 0.0943. The summed E-state index contributed by atoms with van der Waals surface area (Å²) < 4.78 is 0. The van der Waals surface area contributed by atoms with E-state index in [0.29, 0.717) is 5.56 Å². The van der Waals surface area contributed by atoms with Crippen LogP contribution in [0.4, 0.5) is 5.82 Å². The van der Waals surface area contributed by atoms with Crippen molar-refractivity contribution in [3.63, 3.8) is 0 Å². The standard InChI is InChI=1S/C21H30N4OS/c1-6-18-13-19(25(7-2)8-3)24-21(23-18)27-14-16-10-9-11-17(12-16)20(26)22-15(4)5/h9-13,15H,6-8,14H2,1-5H3,(H,22,26). The number of hydrogen-bond donors (Lipinski definition) is 1. The number of aryl methyl sites for hydroxylation is 1. The third-order valence-corrected chi connectivity index (χ3v) is 5.09. The highest BCUT2D eigenvalue weighted by molar-refractivity contribution is 7.98. The maximum atomic E-state index is 12.2. The third-order valence-electron chi connectivity index (χ3n) is 4.17. The molecule has 0 radical (unpaired) electrons. The zero-order valence-corrected chi connectivity index (χ0v) is 17.8. The van der Waals surface area contributed by atoms with E-state index in [1.807, 2.05) is 38.1 Å². The van der Waals surface area contributed by atoms with Crippen molar-refractivity contribution in [1.29, 1.82) is 0 Å². The molecule has 27 heavy (non-hydrogen) atoms. The van der Waals surface area contributed by atoms with E-state index in [4.69, 9.17) is 4.98 Å². The number of carbonyl (C=O) groups excluding carboxylic acids is 1. The van der Waals surface area contributed by atoms with E-state index < -0.39 is 0 Å². The maximum Gasteiger partial charge on any atom is 0.251 e. The fourth-order valence-electron chi connectivity index (χ4n) is 2.71. The van der Waals surface area contributed by atoms with Crippen LogP contribution in [0.5, 0.6) is 0 Å². The minimum absolute atomic E-state index is 0.0371. The Bertz CT molecular complexity index is 760. The largest absolute Gasteiger partial charge is 0.357 e. The summed E-state index contributed by atoms with van der Waals surface area (Å²) in [4.78, 5) is 23.8. The molecular formula is C21H30N4OS. The van der Waals surface area contributed by atoms with Gasteiger partial charge in [-0.2, -0.15) is 0 Å². The molecular weight excluding hydrogens is 356 g/mol. The number of thioether (sulfide) groups is 1. The van der Waals surface area contributed by atoms with Crippen LogP contribution in [0.15, 0.2) is 35.5 Å². The fourth-order valence-corrected chi connectivity index (χ4v) is 3.53. The lowest BCUT2D eigenvalue weighted by Crippen LogP contribution is -2.30. The lowest BCUT2D eigenvalue weighted by atomic mass is 10.1. The molecule has 0 spiro atoms. The van der Waals surface area contributed by atoms with Gasteiger partial charge in [0.15, 0.2) is 5.16 Å². The molecule has 0 saturated heterocycles. The first-order valence-corrected chi connectivity index (χ1v) is 10.6. The predicted octanol–water partition coefficient (Wildman–Crippen LogP) is 4.32. The number of carbonyl (C=O) groups is 1. The summed E-state index contributed by atoms with van der Waals surface area (Å²) in [5.41, 5.74) is 2.83. The van der Waals surface area contributed by atoms with E-state index in [9.17, 15) is 4.79 Å². The van der Waals surface area contributed by atoms with Crippen molar-refractivity contribution < 1.29 is 4.79 Å². The number of amides is 1. The summed E-state index contributed by atoms with van der Waals surface area (Å²) in [6.07, 6.45) is 0.884. The van der Waals surface area contributed by atoms with Crippen molar-refractivity contribution in [3.05, 3.63) is 47.2 Å². The van der Waals surface area contributed by atoms with Crippen LogP contribution in [-0.2, 0) is 12.2 Å². The van der Waals surface area contributed by atoms with Crippen LogP contribution in [0.2, 0.25) is 0 Å². The average Bonchev–Trinajstić information content (AvgIpc) is 2.67. The molecule has 1 aromatic heterocycles. The molecule has 146 valence electrons. The summed E-state index contributed by atoms with van der Waals surface area (Å²) in [5.74, 6) is 1.68. The summed E-state index contributed by atoms with van der Waals surface area (Å²) in [5, 5.41) is 3.72. The molecule has 0 bridgehead atoms. The summed E-state index contributed by atoms with van der Waals surface area (Å²) in [6, 6.07) is 9.95. The van der Waals surface area contributed by atoms with Gasteiger partial charge in [0.1, 0.15) is 5.82 Å². The van der Waals surface area contributed by atoms with Crippen LogP contribution in [0.25, 0.3) is 0 Å². The Hall–Kier alpha value is -2.08. The number of anilines is 1. The molecule has 1 aromatic carbocycles. The van der Waals surface area contributed by atoms with Crippen molar-refractivity contribution >= 4 is 23.5 Å². The van der Waals surface area contributed by atoms with E-state index in [-0.39, 0.29) is 11.9 Å². The van der Waals surface area contributed by atoms with Gasteiger partial charge in [0.2, 0.25) is 0 Å². The number of hydrogen-bond acceptors (Lipinski definition) is 5. The zero-order chi connectivity index (χ0) is 19.8. The predicted molar refractivity (Wildman–Crippen MR) is 114 cm³/mol. The van der Waals surface area contributed by atoms with Gasteiger partial charge < -0.3 is 10.2 Å². The normalized spacial score (nSPS) is 10.9. The molecule has 5 nitrogen and oxygen atoms in total. The van der Waals surface area contributed by atoms with Crippen molar-refractivity contribution in [2.24, 2.45) is 0 Å². The summed E-state index contributed by atoms with van der Waals surface area (Å²) in [6.45, 7) is 12.2. The van der Waals surface area contributed by atoms with Gasteiger partial charge in [-0.05, 0) is 51.8 Å². The minimum atomic E-state index is -0.0371. The molecule has 1 amide bonds. The quantitative estimate of drug-likeness (QED) is 0.514. The van der Waals surface area contributed by atoms with Gasteiger partial charge in [-0.3, -0.25) is 4.79 Å². The smallest absolute Gasteiger partial charge is 0.251 e. The summed E-state index contributed by atoms with van der Waals surface area (Å²) >= 11 is 1.61. The molecule has 0 fully saturated rings. The Kier molecular flexibility index (Phi) is 8.10. The first kappa shape index (κ1) is 21.2. The molecule has 0 atom stereocenters. The highest BCUT2D eigenvalue weighted by Gasteiger charge is 2.11. The van der Waals surface area contributed by atoms with Crippen LogP contribution in [0, 0.1) is 0 Å². The van der Waals surface area contributed by atoms with Crippen molar-refractivity contribution in [1.82, 2.24) is 15.3 Å². The van der Waals surface area contributed by atoms with E-state index in [0.717, 1.165) is 47.5 Å². The molecule has 0 unspecified atom stereocenters. The molecule has 0 saturated carbocycles. The second-order valence-electron chi connectivity index (χ2n) is 6.64. The average molecular weight is 387 g/mol. The van der Waals surface area contributed by atoms with Gasteiger partial charge in [-0.1, -0.05) is 30.8 Å². The van der Waals surface area contributed by atoms with Crippen molar-refractivity contribution in [3.8, 4) is 0 Å². The fraction of sp³-hybridized carbons (Fsp3) is 0.476. The number of rotatable bonds is 9. The molecule has 0 aliphatic carbocycles. The maximum absolute atomic E-state index is 12.2. The highest BCUT2D eigenvalue weighted by atomic mass is 32.2. The molecule has 1 N–H and O–H groups in total. The van der Waals surface area contributed by atoms with E-state index in [1.165, 1.54) is 0 Å². The third kappa shape index (κ3) is 6.24. The van der Waals surface area contributed by atoms with E-state index in [1.54, 1.807) is 11.8 Å². The van der Waals surface area contributed by atoms with Gasteiger partial charge >= 0.3 is 0 Å². The van der Waals surface area contributed by atoms with E-state index in [2.05, 4.69) is 42.0 Å². The number of nitrogens with one attached hydrogen (secondary N) is 1. The SMILES string of the molecule is CCc1cc(N(CC)CC)nc(SCc2cccc(C(=O)NC(C)C)c2)n1. The van der Waals surface area contributed by atoms with Crippen molar-refractivity contribution in [2.45, 2.75) is 58.0 Å². The van der Waals surface area contributed by atoms with Crippen LogP contribution in [0.1, 0.15) is 56.2 Å². The summed E-state index contributed by atoms with van der Waals surface area (Å²) in [7, 11) is 0. The first-order chi connectivity index (χ1) is 13.0. The van der Waals surface area contributed by atoms with Gasteiger partial charge in [0.05, 0.1) is 0 Å². The Morgan fingerprint density at radius 2 is 1.89 bits per heavy atom. The van der Waals surface area contributed by atoms with Crippen LogP contribution in [0.3, 0.4) is 0 Å². The first-order valence-electron chi connectivity index (χ1n) is 9.62. The lowest BCUT2D eigenvalue weighted by Gasteiger charge is -2.20. The highest BCUT2D eigenvalue weighted by Crippen LogP contribution is 2.23. The molecule has 6 heteroatoms. The molecule has 0 aliphatic heterocycles. The topological polar surface area (TPSA) is 58.1 Å². The second kappa shape index (κ2) is 10.3. The minimum Gasteiger partial charge on any atom is -0.357 e. The zero-order valence-electron chi connectivity index (χ0n) is 17.0. The molecule has 1 heterocycles. The Morgan fingerprint density at radius 3 is 2.52 bits per heavy atom. The van der Waals surface area contributed by atoms with Gasteiger partial charge in [-0.15, -0.1) is 0 Å². The molecule has 2 aromatic rings. The molecule has 0 aliphatic rings. The van der Waals surface area contributed by atoms with Gasteiger partial charge in [-0.25, -0.2) is 9.97 Å². The Labute approximate surface area is 167 Å². The van der Waals surface area contributed by atoms with Gasteiger partial charge in [0, 0.05) is 42.2 Å². The second-order valence-corrected chi connectivity index (χ2v) is 7.59. The van der Waals surface area contributed by atoms with Crippen LogP contribution in [-0.4, -0.2) is 35.0 Å².